The van der Waals surface area contributed by atoms with Crippen LogP contribution < -0.4 is 5.32 Å². The molecule has 1 saturated heterocycles. The van der Waals surface area contributed by atoms with Crippen molar-refractivity contribution < 1.29 is 9.26 Å². The topological polar surface area (TPSA) is 73.1 Å². The lowest BCUT2D eigenvalue weighted by atomic mass is 10.2. The molecule has 0 radical (unpaired) electrons. The van der Waals surface area contributed by atoms with Crippen molar-refractivity contribution in [3.63, 3.8) is 0 Å². The van der Waals surface area contributed by atoms with Gasteiger partial charge in [0.2, 0.25) is 0 Å². The van der Waals surface area contributed by atoms with E-state index in [0.29, 0.717) is 11.7 Å². The van der Waals surface area contributed by atoms with Crippen LogP contribution in [0.15, 0.2) is 10.0 Å². The number of hydrogen-bond acceptors (Lipinski definition) is 7. The average Bonchev–Trinajstić information content (AvgIpc) is 3.12. The van der Waals surface area contributed by atoms with Gasteiger partial charge in [0.05, 0.1) is 17.3 Å². The number of hydrogen-bond donors (Lipinski definition) is 1. The summed E-state index contributed by atoms with van der Waals surface area (Å²) in [5.41, 5.74) is 2.99. The minimum absolute atomic E-state index is 0.0480. The molecule has 0 amide bonds. The Morgan fingerprint density at radius 2 is 2.30 bits per heavy atom. The quantitative estimate of drug-likeness (QED) is 0.911. The number of aryl methyl sites for hydroxylation is 2. The molecule has 0 saturated carbocycles. The lowest BCUT2D eigenvalue weighted by Gasteiger charge is -2.12. The summed E-state index contributed by atoms with van der Waals surface area (Å²) in [6.07, 6.45) is 2.11. The van der Waals surface area contributed by atoms with E-state index >= 15 is 0 Å². The van der Waals surface area contributed by atoms with Gasteiger partial charge in [0.15, 0.2) is 5.82 Å². The number of rotatable bonds is 5. The summed E-state index contributed by atoms with van der Waals surface area (Å²) < 4.78 is 11.1. The summed E-state index contributed by atoms with van der Waals surface area (Å²) in [5, 5.41) is 7.23. The highest BCUT2D eigenvalue weighted by Crippen LogP contribution is 2.31. The minimum Gasteiger partial charge on any atom is -0.364 e. The van der Waals surface area contributed by atoms with Gasteiger partial charge in [-0.15, -0.1) is 11.3 Å². The fraction of sp³-hybridized carbons (Fsp3) is 0.615. The SMILES string of the molecule is Cc1noc([C@@H]2CC[C@H](CNCc3scnc3C)O2)n1. The van der Waals surface area contributed by atoms with Crippen molar-refractivity contribution in [2.45, 2.75) is 45.4 Å². The number of aromatic nitrogens is 3. The summed E-state index contributed by atoms with van der Waals surface area (Å²) in [5.74, 6) is 1.26. The van der Waals surface area contributed by atoms with E-state index in [2.05, 4.69) is 20.4 Å². The van der Waals surface area contributed by atoms with Gasteiger partial charge < -0.3 is 14.6 Å². The van der Waals surface area contributed by atoms with Crippen molar-refractivity contribution in [2.75, 3.05) is 6.54 Å². The standard InChI is InChI=1S/C13H18N4O2S/c1-8-12(20-7-15-8)6-14-5-10-3-4-11(18-10)13-16-9(2)17-19-13/h7,10-11,14H,3-6H2,1-2H3/t10-,11+/m1/s1. The zero-order chi connectivity index (χ0) is 13.9. The smallest absolute Gasteiger partial charge is 0.255 e. The number of ether oxygens (including phenoxy) is 1. The van der Waals surface area contributed by atoms with Crippen molar-refractivity contribution in [3.05, 3.63) is 27.8 Å². The molecule has 1 N–H and O–H groups in total. The molecule has 0 bridgehead atoms. The Labute approximate surface area is 121 Å². The normalized spacial score (nSPS) is 22.5. The Balaban J connectivity index is 1.45. The Hall–Kier alpha value is -1.31. The van der Waals surface area contributed by atoms with Crippen molar-refractivity contribution in [1.82, 2.24) is 20.4 Å². The maximum Gasteiger partial charge on any atom is 0.255 e. The highest BCUT2D eigenvalue weighted by atomic mass is 32.1. The molecule has 20 heavy (non-hydrogen) atoms. The van der Waals surface area contributed by atoms with E-state index < -0.39 is 0 Å². The van der Waals surface area contributed by atoms with Gasteiger partial charge in [-0.25, -0.2) is 4.98 Å². The summed E-state index contributed by atoms with van der Waals surface area (Å²) in [6.45, 7) is 5.54. The second-order valence-electron chi connectivity index (χ2n) is 5.00. The van der Waals surface area contributed by atoms with Crippen LogP contribution in [0.1, 0.15) is 41.2 Å². The molecule has 2 aromatic rings. The largest absolute Gasteiger partial charge is 0.364 e. The third-order valence-corrected chi connectivity index (χ3v) is 4.36. The molecule has 0 unspecified atom stereocenters. The molecular formula is C13H18N4O2S. The van der Waals surface area contributed by atoms with Gasteiger partial charge in [-0.2, -0.15) is 4.98 Å². The van der Waals surface area contributed by atoms with Gasteiger partial charge in [0.25, 0.3) is 5.89 Å². The van der Waals surface area contributed by atoms with E-state index in [1.54, 1.807) is 11.3 Å². The maximum absolute atomic E-state index is 5.94. The zero-order valence-electron chi connectivity index (χ0n) is 11.6. The Morgan fingerprint density at radius 3 is 3.00 bits per heavy atom. The van der Waals surface area contributed by atoms with Crippen molar-refractivity contribution in [1.29, 1.82) is 0 Å². The van der Waals surface area contributed by atoms with Crippen LogP contribution in [-0.2, 0) is 11.3 Å². The third-order valence-electron chi connectivity index (χ3n) is 3.43. The van der Waals surface area contributed by atoms with Gasteiger partial charge in [0.1, 0.15) is 6.10 Å². The first-order chi connectivity index (χ1) is 9.72. The summed E-state index contributed by atoms with van der Waals surface area (Å²) in [6, 6.07) is 0. The van der Waals surface area contributed by atoms with Crippen molar-refractivity contribution in [2.24, 2.45) is 0 Å². The predicted octanol–water partition coefficient (Wildman–Crippen LogP) is 2.15. The lowest BCUT2D eigenvalue weighted by Crippen LogP contribution is -2.26. The molecule has 0 spiro atoms. The van der Waals surface area contributed by atoms with Crippen LogP contribution in [0.25, 0.3) is 0 Å². The van der Waals surface area contributed by atoms with Crippen LogP contribution in [0.4, 0.5) is 0 Å². The Bertz CT molecular complexity index is 568. The van der Waals surface area contributed by atoms with Crippen LogP contribution >= 0.6 is 11.3 Å². The fourth-order valence-corrected chi connectivity index (χ4v) is 3.07. The molecule has 1 fully saturated rings. The second kappa shape index (κ2) is 5.99. The van der Waals surface area contributed by atoms with Crippen LogP contribution in [0.5, 0.6) is 0 Å². The highest BCUT2D eigenvalue weighted by Gasteiger charge is 2.30. The van der Waals surface area contributed by atoms with E-state index in [1.165, 1.54) is 4.88 Å². The Kier molecular flexibility index (Phi) is 4.09. The van der Waals surface area contributed by atoms with Gasteiger partial charge in [-0.1, -0.05) is 5.16 Å². The molecule has 1 aliphatic rings. The van der Waals surface area contributed by atoms with Crippen molar-refractivity contribution >= 4 is 11.3 Å². The Morgan fingerprint density at radius 1 is 1.40 bits per heavy atom. The molecule has 3 rings (SSSR count). The van der Waals surface area contributed by atoms with Gasteiger partial charge in [-0.3, -0.25) is 0 Å². The summed E-state index contributed by atoms with van der Waals surface area (Å²) >= 11 is 1.68. The molecule has 0 aromatic carbocycles. The summed E-state index contributed by atoms with van der Waals surface area (Å²) in [7, 11) is 0. The first kappa shape index (κ1) is 13.7. The van der Waals surface area contributed by atoms with Crippen LogP contribution in [0.3, 0.4) is 0 Å². The maximum atomic E-state index is 5.94. The second-order valence-corrected chi connectivity index (χ2v) is 5.94. The van der Waals surface area contributed by atoms with Crippen LogP contribution in [0, 0.1) is 13.8 Å². The minimum atomic E-state index is -0.0480. The predicted molar refractivity (Wildman–Crippen MR) is 74.4 cm³/mol. The van der Waals surface area contributed by atoms with E-state index in [9.17, 15) is 0 Å². The summed E-state index contributed by atoms with van der Waals surface area (Å²) in [4.78, 5) is 9.75. The van der Waals surface area contributed by atoms with E-state index in [0.717, 1.165) is 31.6 Å². The monoisotopic (exact) mass is 294 g/mol. The van der Waals surface area contributed by atoms with Crippen LogP contribution in [-0.4, -0.2) is 27.8 Å². The van der Waals surface area contributed by atoms with Crippen molar-refractivity contribution in [3.8, 4) is 0 Å². The lowest BCUT2D eigenvalue weighted by molar-refractivity contribution is 0.0264. The molecule has 0 aliphatic carbocycles. The molecule has 2 aromatic heterocycles. The number of nitrogens with one attached hydrogen (secondary N) is 1. The van der Waals surface area contributed by atoms with Gasteiger partial charge in [0, 0.05) is 18.0 Å². The first-order valence-electron chi connectivity index (χ1n) is 6.77. The molecule has 3 heterocycles. The van der Waals surface area contributed by atoms with Crippen LogP contribution in [0.2, 0.25) is 0 Å². The van der Waals surface area contributed by atoms with E-state index in [-0.39, 0.29) is 12.2 Å². The van der Waals surface area contributed by atoms with Gasteiger partial charge >= 0.3 is 0 Å². The fourth-order valence-electron chi connectivity index (χ4n) is 2.32. The first-order valence-corrected chi connectivity index (χ1v) is 7.65. The average molecular weight is 294 g/mol. The molecule has 2 atom stereocenters. The molecule has 6 nitrogen and oxygen atoms in total. The molecular weight excluding hydrogens is 276 g/mol. The van der Waals surface area contributed by atoms with Gasteiger partial charge in [-0.05, 0) is 26.7 Å². The molecule has 7 heteroatoms. The molecule has 108 valence electrons. The van der Waals surface area contributed by atoms with E-state index in [4.69, 9.17) is 9.26 Å². The van der Waals surface area contributed by atoms with E-state index in [1.807, 2.05) is 19.4 Å². The number of thiazole rings is 1. The third kappa shape index (κ3) is 3.05. The molecule has 1 aliphatic heterocycles. The highest BCUT2D eigenvalue weighted by molar-refractivity contribution is 7.09. The number of nitrogens with zero attached hydrogens (tertiary/aromatic N) is 3. The zero-order valence-corrected chi connectivity index (χ0v) is 12.4.